The Balaban J connectivity index is 1.28. The number of nitrogens with one attached hydrogen (secondary N) is 1. The molecule has 1 saturated heterocycles. The lowest BCUT2D eigenvalue weighted by Gasteiger charge is -2.43. The van der Waals surface area contributed by atoms with Crippen LogP contribution in [0.1, 0.15) is 45.3 Å². The highest BCUT2D eigenvalue weighted by atomic mass is 35.5. The van der Waals surface area contributed by atoms with Crippen molar-refractivity contribution >= 4 is 45.9 Å². The lowest BCUT2D eigenvalue weighted by atomic mass is 9.73. The number of hydrogen-bond acceptors (Lipinski definition) is 6. The van der Waals surface area contributed by atoms with Crippen LogP contribution in [0.5, 0.6) is 0 Å². The van der Waals surface area contributed by atoms with E-state index >= 15 is 0 Å². The van der Waals surface area contributed by atoms with Gasteiger partial charge in [0.25, 0.3) is 0 Å². The molecule has 2 atom stereocenters. The minimum absolute atomic E-state index is 0.00694. The average molecular weight is 559 g/mol. The maximum absolute atomic E-state index is 13.1. The predicted molar refractivity (Wildman–Crippen MR) is 148 cm³/mol. The second-order valence-electron chi connectivity index (χ2n) is 10.9. The summed E-state index contributed by atoms with van der Waals surface area (Å²) in [6.07, 6.45) is 9.25. The molecular formula is C26H29Cl2N7OS. The Bertz CT molecular complexity index is 1450. The van der Waals surface area contributed by atoms with E-state index in [-0.39, 0.29) is 16.2 Å². The van der Waals surface area contributed by atoms with Gasteiger partial charge >= 0.3 is 0 Å². The minimum atomic E-state index is -1.18. The van der Waals surface area contributed by atoms with Crippen LogP contribution < -0.4 is 9.62 Å². The molecule has 0 aliphatic carbocycles. The molecule has 4 aromatic rings. The molecule has 1 spiro atoms. The van der Waals surface area contributed by atoms with Crippen molar-refractivity contribution in [2.24, 2.45) is 5.41 Å². The summed E-state index contributed by atoms with van der Waals surface area (Å²) in [7, 11) is 0. The summed E-state index contributed by atoms with van der Waals surface area (Å²) in [5, 5.41) is 5.53. The summed E-state index contributed by atoms with van der Waals surface area (Å²) in [4.78, 5) is 11.7. The standard InChI is InChI=1S/C26H29Cl2N7OS/c1-25(2,3)37(36)32-22-19-7-10-31-35(19)16-26(22)8-12-33(13-9-26)24-20-15-30-23(34(20)14-11-29-24)17-5-4-6-18(27)21(17)28/h4-7,10-11,14-15,22,32H,8-9,12-13,16H2,1-3H3/t22-,37?/m1/s1. The zero-order valence-corrected chi connectivity index (χ0v) is 23.3. The number of hydrogen-bond donors (Lipinski definition) is 1. The van der Waals surface area contributed by atoms with E-state index in [0.29, 0.717) is 10.0 Å². The molecule has 0 radical (unpaired) electrons. The Morgan fingerprint density at radius 2 is 1.89 bits per heavy atom. The molecule has 3 aromatic heterocycles. The molecule has 6 rings (SSSR count). The van der Waals surface area contributed by atoms with E-state index in [2.05, 4.69) is 30.5 Å². The van der Waals surface area contributed by atoms with Crippen molar-refractivity contribution in [2.45, 2.75) is 50.9 Å². The van der Waals surface area contributed by atoms with Crippen molar-refractivity contribution in [1.82, 2.24) is 28.9 Å². The van der Waals surface area contributed by atoms with E-state index in [1.807, 2.05) is 55.9 Å². The highest BCUT2D eigenvalue weighted by Crippen LogP contribution is 2.50. The summed E-state index contributed by atoms with van der Waals surface area (Å²) < 4.78 is 20.3. The number of imidazole rings is 1. The number of nitrogens with zero attached hydrogens (tertiary/aromatic N) is 6. The van der Waals surface area contributed by atoms with Crippen molar-refractivity contribution in [3.63, 3.8) is 0 Å². The van der Waals surface area contributed by atoms with E-state index < -0.39 is 11.4 Å². The normalized spacial score (nSPS) is 20.1. The SMILES string of the molecule is CC(C)(C)[S+]([O-])N[C@@H]1c2ccnn2CC12CCN(c1nccn3c(-c4cccc(Cl)c4Cl)ncc13)CC2. The fourth-order valence-corrected chi connectivity index (χ4v) is 6.86. The first-order chi connectivity index (χ1) is 17.7. The summed E-state index contributed by atoms with van der Waals surface area (Å²) in [6, 6.07) is 7.61. The largest absolute Gasteiger partial charge is 0.598 e. The van der Waals surface area contributed by atoms with Gasteiger partial charge in [0, 0.05) is 60.6 Å². The second kappa shape index (κ2) is 9.17. The molecule has 8 nitrogen and oxygen atoms in total. The van der Waals surface area contributed by atoms with Crippen molar-refractivity contribution in [2.75, 3.05) is 18.0 Å². The van der Waals surface area contributed by atoms with Crippen LogP contribution in [-0.2, 0) is 17.9 Å². The summed E-state index contributed by atoms with van der Waals surface area (Å²) >= 11 is 11.6. The summed E-state index contributed by atoms with van der Waals surface area (Å²) in [5.41, 5.74) is 2.77. The Hall–Kier alpha value is -2.30. The Kier molecular flexibility index (Phi) is 6.19. The van der Waals surface area contributed by atoms with Crippen LogP contribution in [-0.4, -0.2) is 46.5 Å². The van der Waals surface area contributed by atoms with E-state index in [1.165, 1.54) is 0 Å². The van der Waals surface area contributed by atoms with Crippen molar-refractivity contribution < 1.29 is 4.55 Å². The molecule has 0 amide bonds. The fraction of sp³-hybridized carbons (Fsp3) is 0.423. The minimum Gasteiger partial charge on any atom is -0.598 e. The number of aromatic nitrogens is 5. The molecule has 2 aliphatic heterocycles. The van der Waals surface area contributed by atoms with Gasteiger partial charge in [-0.2, -0.15) is 5.10 Å². The fourth-order valence-electron chi connectivity index (χ4n) is 5.54. The van der Waals surface area contributed by atoms with Crippen molar-refractivity contribution in [1.29, 1.82) is 0 Å². The van der Waals surface area contributed by atoms with Gasteiger partial charge in [0.2, 0.25) is 0 Å². The molecular weight excluding hydrogens is 529 g/mol. The third-order valence-corrected chi connectivity index (χ3v) is 9.97. The lowest BCUT2D eigenvalue weighted by molar-refractivity contribution is 0.160. The molecule has 1 unspecified atom stereocenters. The number of fused-ring (bicyclic) bond motifs is 2. The number of piperidine rings is 1. The van der Waals surface area contributed by atoms with Crippen LogP contribution in [0.3, 0.4) is 0 Å². The molecule has 2 aliphatic rings. The first kappa shape index (κ1) is 25.0. The van der Waals surface area contributed by atoms with E-state index in [0.717, 1.165) is 60.9 Å². The van der Waals surface area contributed by atoms with Gasteiger partial charge in [-0.3, -0.25) is 9.08 Å². The van der Waals surface area contributed by atoms with Crippen molar-refractivity contribution in [3.05, 3.63) is 64.8 Å². The van der Waals surface area contributed by atoms with Gasteiger partial charge in [-0.15, -0.1) is 4.72 Å². The maximum Gasteiger partial charge on any atom is 0.154 e. The number of halogens is 2. The molecule has 1 fully saturated rings. The van der Waals surface area contributed by atoms with Gasteiger partial charge < -0.3 is 9.45 Å². The maximum atomic E-state index is 13.1. The van der Waals surface area contributed by atoms with Gasteiger partial charge in [0.15, 0.2) is 5.82 Å². The Morgan fingerprint density at radius 3 is 2.65 bits per heavy atom. The van der Waals surface area contributed by atoms with E-state index in [4.69, 9.17) is 28.2 Å². The van der Waals surface area contributed by atoms with Crippen LogP contribution >= 0.6 is 23.2 Å². The zero-order chi connectivity index (χ0) is 25.9. The summed E-state index contributed by atoms with van der Waals surface area (Å²) in [5.74, 6) is 1.63. The average Bonchev–Trinajstić information content (AvgIpc) is 3.56. The van der Waals surface area contributed by atoms with E-state index in [9.17, 15) is 4.55 Å². The van der Waals surface area contributed by atoms with Gasteiger partial charge in [-0.25, -0.2) is 9.97 Å². The van der Waals surface area contributed by atoms with Crippen LogP contribution in [0.2, 0.25) is 10.0 Å². The van der Waals surface area contributed by atoms with Gasteiger partial charge in [0.05, 0.1) is 21.9 Å². The molecule has 1 aromatic carbocycles. The molecule has 5 heterocycles. The molecule has 37 heavy (non-hydrogen) atoms. The quantitative estimate of drug-likeness (QED) is 0.343. The van der Waals surface area contributed by atoms with Crippen LogP contribution in [0, 0.1) is 5.41 Å². The highest BCUT2D eigenvalue weighted by Gasteiger charge is 2.51. The molecule has 194 valence electrons. The highest BCUT2D eigenvalue weighted by molar-refractivity contribution is 7.90. The predicted octanol–water partition coefficient (Wildman–Crippen LogP) is 5.29. The second-order valence-corrected chi connectivity index (χ2v) is 13.7. The molecule has 0 saturated carbocycles. The third-order valence-electron chi connectivity index (χ3n) is 7.59. The Morgan fingerprint density at radius 1 is 1.11 bits per heavy atom. The van der Waals surface area contributed by atoms with Gasteiger partial charge in [-0.1, -0.05) is 29.3 Å². The first-order valence-corrected chi connectivity index (χ1v) is 14.3. The Labute approximate surface area is 229 Å². The topological polar surface area (TPSA) is 86.3 Å². The van der Waals surface area contributed by atoms with Crippen LogP contribution in [0.4, 0.5) is 5.82 Å². The smallest absolute Gasteiger partial charge is 0.154 e. The number of benzene rings is 1. The monoisotopic (exact) mass is 557 g/mol. The van der Waals surface area contributed by atoms with Gasteiger partial charge in [0.1, 0.15) is 22.1 Å². The third kappa shape index (κ3) is 4.21. The zero-order valence-electron chi connectivity index (χ0n) is 21.0. The number of anilines is 1. The lowest BCUT2D eigenvalue weighted by Crippen LogP contribution is -2.50. The van der Waals surface area contributed by atoms with Crippen molar-refractivity contribution in [3.8, 4) is 11.4 Å². The first-order valence-electron chi connectivity index (χ1n) is 12.4. The molecule has 1 N–H and O–H groups in total. The molecule has 0 bridgehead atoms. The van der Waals surface area contributed by atoms with Crippen LogP contribution in [0.15, 0.2) is 49.1 Å². The number of rotatable bonds is 4. The van der Waals surface area contributed by atoms with Gasteiger partial charge in [-0.05, 0) is 51.8 Å². The molecule has 11 heteroatoms. The van der Waals surface area contributed by atoms with E-state index in [1.54, 1.807) is 12.3 Å². The summed E-state index contributed by atoms with van der Waals surface area (Å²) in [6.45, 7) is 8.48. The van der Waals surface area contributed by atoms with Crippen LogP contribution in [0.25, 0.3) is 16.9 Å².